The molecule has 0 unspecified atom stereocenters. The number of piperazine rings is 1. The maximum atomic E-state index is 12.1. The summed E-state index contributed by atoms with van der Waals surface area (Å²) in [7, 11) is -1.83. The highest BCUT2D eigenvalue weighted by atomic mass is 32.2. The van der Waals surface area contributed by atoms with Crippen LogP contribution >= 0.6 is 0 Å². The summed E-state index contributed by atoms with van der Waals surface area (Å²) in [5, 5.41) is 9.58. The quantitative estimate of drug-likeness (QED) is 0.714. The van der Waals surface area contributed by atoms with Gasteiger partial charge in [-0.15, -0.1) is 0 Å². The molecule has 0 radical (unpaired) electrons. The molecule has 1 saturated heterocycles. The lowest BCUT2D eigenvalue weighted by atomic mass is 10.3. The number of hydrogen-bond donors (Lipinski definition) is 2. The molecule has 1 fully saturated rings. The molecule has 2 rings (SSSR count). The molecule has 2 N–H and O–H groups in total. The zero-order valence-corrected chi connectivity index (χ0v) is 11.3. The third-order valence-corrected chi connectivity index (χ3v) is 4.89. The number of hydrogen-bond acceptors (Lipinski definition) is 5. The average molecular weight is 273 g/mol. The fourth-order valence-corrected chi connectivity index (χ4v) is 2.95. The summed E-state index contributed by atoms with van der Waals surface area (Å²) in [5.41, 5.74) is 0. The molecular weight excluding hydrogens is 254 g/mol. The van der Waals surface area contributed by atoms with Gasteiger partial charge in [-0.05, 0) is 6.07 Å². The van der Waals surface area contributed by atoms with Crippen molar-refractivity contribution in [3.05, 3.63) is 12.3 Å². The van der Waals surface area contributed by atoms with Gasteiger partial charge < -0.3 is 5.32 Å². The lowest BCUT2D eigenvalue weighted by Crippen LogP contribution is -2.46. The number of rotatable bonds is 5. The second-order valence-corrected chi connectivity index (χ2v) is 6.35. The van der Waals surface area contributed by atoms with Crippen molar-refractivity contribution in [3.63, 3.8) is 0 Å². The number of nitrogens with zero attached hydrogens (tertiary/aromatic N) is 3. The van der Waals surface area contributed by atoms with Crippen LogP contribution in [0.4, 0.5) is 0 Å². The highest BCUT2D eigenvalue weighted by Crippen LogP contribution is 2.09. The number of nitrogens with one attached hydrogen (secondary N) is 2. The second kappa shape index (κ2) is 5.79. The standard InChI is InChI=1S/C10H19N5O2S/c1-14(8-9-15-6-4-11-5-7-15)18(16,17)10-2-3-12-13-10/h2-3,11H,4-9H2,1H3,(H,12,13). The molecule has 1 aliphatic rings. The van der Waals surface area contributed by atoms with E-state index in [1.54, 1.807) is 7.05 Å². The van der Waals surface area contributed by atoms with E-state index in [0.717, 1.165) is 32.7 Å². The predicted molar refractivity (Wildman–Crippen MR) is 67.7 cm³/mol. The molecule has 0 bridgehead atoms. The summed E-state index contributed by atoms with van der Waals surface area (Å²) < 4.78 is 25.5. The third kappa shape index (κ3) is 3.08. The van der Waals surface area contributed by atoms with Crippen molar-refractivity contribution in [2.45, 2.75) is 5.03 Å². The van der Waals surface area contributed by atoms with E-state index < -0.39 is 10.0 Å². The normalized spacial score (nSPS) is 18.3. The fraction of sp³-hybridized carbons (Fsp3) is 0.700. The average Bonchev–Trinajstić information content (AvgIpc) is 2.91. The Hall–Kier alpha value is -0.960. The van der Waals surface area contributed by atoms with Crippen LogP contribution in [0.25, 0.3) is 0 Å². The van der Waals surface area contributed by atoms with Crippen molar-refractivity contribution >= 4 is 10.0 Å². The van der Waals surface area contributed by atoms with Crippen molar-refractivity contribution < 1.29 is 8.42 Å². The van der Waals surface area contributed by atoms with Crippen LogP contribution in [0, 0.1) is 0 Å². The van der Waals surface area contributed by atoms with E-state index >= 15 is 0 Å². The van der Waals surface area contributed by atoms with Crippen LogP contribution in [0.1, 0.15) is 0 Å². The maximum absolute atomic E-state index is 12.1. The van der Waals surface area contributed by atoms with Crippen LogP contribution in [-0.2, 0) is 10.0 Å². The number of H-pyrrole nitrogens is 1. The summed E-state index contributed by atoms with van der Waals surface area (Å²) in [6.45, 7) is 5.12. The summed E-state index contributed by atoms with van der Waals surface area (Å²) >= 11 is 0. The van der Waals surface area contributed by atoms with E-state index in [2.05, 4.69) is 20.4 Å². The smallest absolute Gasteiger partial charge is 0.259 e. The molecule has 8 heteroatoms. The lowest BCUT2D eigenvalue weighted by molar-refractivity contribution is 0.229. The van der Waals surface area contributed by atoms with E-state index in [1.807, 2.05) is 0 Å². The van der Waals surface area contributed by atoms with E-state index in [1.165, 1.54) is 16.6 Å². The highest BCUT2D eigenvalue weighted by Gasteiger charge is 2.22. The van der Waals surface area contributed by atoms with Gasteiger partial charge in [0.15, 0.2) is 5.03 Å². The van der Waals surface area contributed by atoms with Crippen LogP contribution < -0.4 is 5.32 Å². The summed E-state index contributed by atoms with van der Waals surface area (Å²) in [5.74, 6) is 0. The largest absolute Gasteiger partial charge is 0.314 e. The number of aromatic amines is 1. The van der Waals surface area contributed by atoms with Crippen molar-refractivity contribution in [1.82, 2.24) is 24.7 Å². The first kappa shape index (κ1) is 13.5. The Morgan fingerprint density at radius 3 is 2.78 bits per heavy atom. The highest BCUT2D eigenvalue weighted by molar-refractivity contribution is 7.89. The van der Waals surface area contributed by atoms with Gasteiger partial charge in [0.2, 0.25) is 0 Å². The van der Waals surface area contributed by atoms with Gasteiger partial charge in [-0.1, -0.05) is 0 Å². The summed E-state index contributed by atoms with van der Waals surface area (Å²) in [4.78, 5) is 2.26. The van der Waals surface area contributed by atoms with Gasteiger partial charge in [0, 0.05) is 46.3 Å². The van der Waals surface area contributed by atoms with Crippen LogP contribution in [-0.4, -0.2) is 74.1 Å². The Kier molecular flexibility index (Phi) is 4.33. The molecule has 1 aromatic rings. The lowest BCUT2D eigenvalue weighted by Gasteiger charge is -2.28. The first-order valence-corrected chi connectivity index (χ1v) is 7.43. The Bertz CT molecular complexity index is 453. The van der Waals surface area contributed by atoms with Gasteiger partial charge in [-0.3, -0.25) is 10.00 Å². The molecule has 0 spiro atoms. The van der Waals surface area contributed by atoms with E-state index in [9.17, 15) is 8.42 Å². The number of likely N-dealkylation sites (N-methyl/N-ethyl adjacent to an activating group) is 1. The zero-order valence-electron chi connectivity index (χ0n) is 10.5. The SMILES string of the molecule is CN(CCN1CCNCC1)S(=O)(=O)c1ccn[nH]1. The van der Waals surface area contributed by atoms with Gasteiger partial charge in [-0.25, -0.2) is 8.42 Å². The molecule has 18 heavy (non-hydrogen) atoms. The molecule has 0 atom stereocenters. The molecule has 0 aromatic carbocycles. The van der Waals surface area contributed by atoms with Crippen molar-refractivity contribution in [1.29, 1.82) is 0 Å². The van der Waals surface area contributed by atoms with Gasteiger partial charge in [0.1, 0.15) is 0 Å². The van der Waals surface area contributed by atoms with Crippen molar-refractivity contribution in [2.24, 2.45) is 0 Å². The van der Waals surface area contributed by atoms with E-state index in [-0.39, 0.29) is 5.03 Å². The molecule has 1 aromatic heterocycles. The van der Waals surface area contributed by atoms with Gasteiger partial charge >= 0.3 is 0 Å². The molecule has 0 amide bonds. The van der Waals surface area contributed by atoms with Crippen molar-refractivity contribution in [3.8, 4) is 0 Å². The van der Waals surface area contributed by atoms with E-state index in [0.29, 0.717) is 6.54 Å². The van der Waals surface area contributed by atoms with Gasteiger partial charge in [0.05, 0.1) is 6.20 Å². The molecule has 7 nitrogen and oxygen atoms in total. The fourth-order valence-electron chi connectivity index (χ4n) is 1.89. The second-order valence-electron chi connectivity index (χ2n) is 4.34. The zero-order chi connectivity index (χ0) is 13.0. The predicted octanol–water partition coefficient (Wildman–Crippen LogP) is -1.06. The first-order valence-electron chi connectivity index (χ1n) is 5.99. The molecule has 102 valence electrons. The topological polar surface area (TPSA) is 81.3 Å². The van der Waals surface area contributed by atoms with E-state index in [4.69, 9.17) is 0 Å². The minimum atomic E-state index is -3.42. The van der Waals surface area contributed by atoms with Crippen LogP contribution in [0.15, 0.2) is 17.3 Å². The molecule has 0 saturated carbocycles. The maximum Gasteiger partial charge on any atom is 0.259 e. The van der Waals surface area contributed by atoms with Crippen LogP contribution in [0.2, 0.25) is 0 Å². The van der Waals surface area contributed by atoms with Crippen LogP contribution in [0.3, 0.4) is 0 Å². The molecular formula is C10H19N5O2S. The molecule has 2 heterocycles. The van der Waals surface area contributed by atoms with Crippen LogP contribution in [0.5, 0.6) is 0 Å². The minimum Gasteiger partial charge on any atom is -0.314 e. The Balaban J connectivity index is 1.89. The van der Waals surface area contributed by atoms with Crippen molar-refractivity contribution in [2.75, 3.05) is 46.3 Å². The minimum absolute atomic E-state index is 0.144. The summed E-state index contributed by atoms with van der Waals surface area (Å²) in [6, 6.07) is 1.47. The first-order chi connectivity index (χ1) is 8.60. The summed E-state index contributed by atoms with van der Waals surface area (Å²) in [6.07, 6.45) is 1.44. The third-order valence-electron chi connectivity index (χ3n) is 3.10. The molecule has 1 aliphatic heterocycles. The Morgan fingerprint density at radius 2 is 2.17 bits per heavy atom. The van der Waals surface area contributed by atoms with Gasteiger partial charge in [0.25, 0.3) is 10.0 Å². The number of sulfonamides is 1. The monoisotopic (exact) mass is 273 g/mol. The Labute approximate surface area is 107 Å². The molecule has 0 aliphatic carbocycles. The number of aromatic nitrogens is 2. The van der Waals surface area contributed by atoms with Gasteiger partial charge in [-0.2, -0.15) is 9.40 Å². The Morgan fingerprint density at radius 1 is 1.44 bits per heavy atom.